The molecule has 10 heteroatoms. The molecule has 0 unspecified atom stereocenters. The summed E-state index contributed by atoms with van der Waals surface area (Å²) in [6.45, 7) is 21.3. The standard InChI is InChI=1S/C39H61N3O7/c1-11-47-17-16-41-32-22-31(14-15-34(32)48-39(9,10)36(41)45)42(30-12-13-30)35(44)29-21-28(23-40(24-29)37(46)49-38(6,7)8)33(43)20-27(18-25(2)3)19-26(4)5/h14-15,22,25-30H,11-13,16-21,23-24H2,1-10H3/t28-,29+/m0/s1. The minimum absolute atomic E-state index is 0.00611. The number of nitrogens with zero attached hydrogens (tertiary/aromatic N) is 3. The van der Waals surface area contributed by atoms with Crippen LogP contribution in [0.25, 0.3) is 0 Å². The number of ketones is 1. The number of Topliss-reactive ketones (excluding diaryl/α,β-unsaturated/α-hetero) is 1. The molecule has 0 bridgehead atoms. The molecule has 3 amide bonds. The topological polar surface area (TPSA) is 106 Å². The maximum atomic E-state index is 14.6. The molecule has 4 rings (SSSR count). The minimum atomic E-state index is -1.04. The number of carbonyl (C=O) groups is 4. The third-order valence-electron chi connectivity index (χ3n) is 9.46. The van der Waals surface area contributed by atoms with Gasteiger partial charge in [0.1, 0.15) is 17.1 Å². The number of hydrogen-bond donors (Lipinski definition) is 0. The lowest BCUT2D eigenvalue weighted by molar-refractivity contribution is -0.133. The first-order valence-corrected chi connectivity index (χ1v) is 18.5. The van der Waals surface area contributed by atoms with Crippen molar-refractivity contribution in [1.82, 2.24) is 4.90 Å². The molecule has 3 aliphatic rings. The van der Waals surface area contributed by atoms with Crippen LogP contribution in [0.15, 0.2) is 18.2 Å². The summed E-state index contributed by atoms with van der Waals surface area (Å²) in [5.41, 5.74) is -0.466. The Hall–Kier alpha value is -3.14. The normalized spacial score (nSPS) is 20.8. The quantitative estimate of drug-likeness (QED) is 0.190. The molecule has 0 radical (unpaired) electrons. The van der Waals surface area contributed by atoms with Gasteiger partial charge in [-0.05, 0) is 110 Å². The summed E-state index contributed by atoms with van der Waals surface area (Å²) >= 11 is 0. The second-order valence-electron chi connectivity index (χ2n) is 16.7. The van der Waals surface area contributed by atoms with Gasteiger partial charge in [0.05, 0.1) is 18.2 Å². The highest BCUT2D eigenvalue weighted by Gasteiger charge is 2.45. The zero-order chi connectivity index (χ0) is 36.3. The van der Waals surface area contributed by atoms with E-state index in [0.29, 0.717) is 61.6 Å². The van der Waals surface area contributed by atoms with Crippen molar-refractivity contribution >= 4 is 35.1 Å². The Labute approximate surface area is 294 Å². The lowest BCUT2D eigenvalue weighted by Crippen LogP contribution is -2.53. The van der Waals surface area contributed by atoms with E-state index in [1.807, 2.05) is 50.8 Å². The molecule has 2 atom stereocenters. The number of hydrogen-bond acceptors (Lipinski definition) is 7. The highest BCUT2D eigenvalue weighted by atomic mass is 16.6. The third-order valence-corrected chi connectivity index (χ3v) is 9.46. The van der Waals surface area contributed by atoms with Crippen LogP contribution in [0.5, 0.6) is 5.75 Å². The zero-order valence-corrected chi connectivity index (χ0v) is 31.7. The highest BCUT2D eigenvalue weighted by Crippen LogP contribution is 2.43. The predicted molar refractivity (Wildman–Crippen MR) is 192 cm³/mol. The Bertz CT molecular complexity index is 1340. The number of rotatable bonds is 14. The van der Waals surface area contributed by atoms with E-state index in [4.69, 9.17) is 14.2 Å². The molecule has 0 aromatic heterocycles. The van der Waals surface area contributed by atoms with Crippen LogP contribution >= 0.6 is 0 Å². The van der Waals surface area contributed by atoms with Crippen LogP contribution in [0.2, 0.25) is 0 Å². The van der Waals surface area contributed by atoms with Crippen LogP contribution in [-0.4, -0.2) is 78.7 Å². The minimum Gasteiger partial charge on any atom is -0.476 e. The van der Waals surface area contributed by atoms with E-state index in [1.54, 1.807) is 23.6 Å². The largest absolute Gasteiger partial charge is 0.476 e. The van der Waals surface area contributed by atoms with Crippen molar-refractivity contribution < 1.29 is 33.4 Å². The molecular formula is C39H61N3O7. The number of carbonyl (C=O) groups excluding carboxylic acids is 4. The summed E-state index contributed by atoms with van der Waals surface area (Å²) in [7, 11) is 0. The van der Waals surface area contributed by atoms with Gasteiger partial charge in [0.15, 0.2) is 5.60 Å². The van der Waals surface area contributed by atoms with Gasteiger partial charge in [-0.25, -0.2) is 4.79 Å². The average Bonchev–Trinajstić information content (AvgIpc) is 3.82. The van der Waals surface area contributed by atoms with Gasteiger partial charge in [0.25, 0.3) is 5.91 Å². The van der Waals surface area contributed by atoms with Gasteiger partial charge in [0, 0.05) is 50.3 Å². The van der Waals surface area contributed by atoms with E-state index in [-0.39, 0.29) is 42.6 Å². The van der Waals surface area contributed by atoms with E-state index in [9.17, 15) is 19.2 Å². The van der Waals surface area contributed by atoms with Crippen LogP contribution in [0.1, 0.15) is 108 Å². The Morgan fingerprint density at radius 3 is 2.22 bits per heavy atom. The number of benzene rings is 1. The summed E-state index contributed by atoms with van der Waals surface area (Å²) in [4.78, 5) is 60.7. The van der Waals surface area contributed by atoms with Gasteiger partial charge in [-0.1, -0.05) is 27.7 Å². The summed E-state index contributed by atoms with van der Waals surface area (Å²) in [6.07, 6.45) is 3.98. The summed E-state index contributed by atoms with van der Waals surface area (Å²) in [5, 5.41) is 0. The molecule has 0 spiro atoms. The maximum Gasteiger partial charge on any atom is 0.410 e. The fraction of sp³-hybridized carbons (Fsp3) is 0.744. The number of anilines is 2. The second-order valence-corrected chi connectivity index (χ2v) is 16.7. The lowest BCUT2D eigenvalue weighted by atomic mass is 9.79. The molecule has 2 fully saturated rings. The molecule has 1 saturated heterocycles. The number of piperidine rings is 1. The molecule has 1 aromatic rings. The van der Waals surface area contributed by atoms with E-state index in [0.717, 1.165) is 25.7 Å². The third kappa shape index (κ3) is 10.2. The van der Waals surface area contributed by atoms with Crippen molar-refractivity contribution in [3.63, 3.8) is 0 Å². The Morgan fingerprint density at radius 2 is 1.65 bits per heavy atom. The molecule has 274 valence electrons. The molecule has 2 aliphatic heterocycles. The van der Waals surface area contributed by atoms with Crippen molar-refractivity contribution in [3.05, 3.63) is 18.2 Å². The molecule has 49 heavy (non-hydrogen) atoms. The SMILES string of the molecule is CCOCCN1C(=O)C(C)(C)Oc2ccc(N(C(=O)[C@@H]3C[C@H](C(=O)CC(CC(C)C)CC(C)C)CN(C(=O)OC(C)(C)C)C3)C3CC3)cc21. The van der Waals surface area contributed by atoms with Crippen LogP contribution in [0, 0.1) is 29.6 Å². The van der Waals surface area contributed by atoms with Crippen molar-refractivity contribution in [2.45, 2.75) is 125 Å². The molecule has 1 aliphatic carbocycles. The van der Waals surface area contributed by atoms with E-state index >= 15 is 0 Å². The fourth-order valence-corrected chi connectivity index (χ4v) is 7.31. The van der Waals surface area contributed by atoms with Crippen LogP contribution in [-0.2, 0) is 23.9 Å². The highest BCUT2D eigenvalue weighted by molar-refractivity contribution is 6.04. The molecule has 1 saturated carbocycles. The smallest absolute Gasteiger partial charge is 0.410 e. The summed E-state index contributed by atoms with van der Waals surface area (Å²) in [6, 6.07) is 5.58. The van der Waals surface area contributed by atoms with Gasteiger partial charge >= 0.3 is 6.09 Å². The first-order valence-electron chi connectivity index (χ1n) is 18.5. The molecule has 0 N–H and O–H groups in total. The number of amides is 3. The van der Waals surface area contributed by atoms with Gasteiger partial charge in [0.2, 0.25) is 5.91 Å². The molecular weight excluding hydrogens is 622 g/mol. The van der Waals surface area contributed by atoms with Crippen molar-refractivity contribution in [2.75, 3.05) is 42.6 Å². The molecule has 10 nitrogen and oxygen atoms in total. The maximum absolute atomic E-state index is 14.6. The predicted octanol–water partition coefficient (Wildman–Crippen LogP) is 7.26. The summed E-state index contributed by atoms with van der Waals surface area (Å²) in [5.74, 6) is 0.585. The van der Waals surface area contributed by atoms with E-state index in [1.165, 1.54) is 0 Å². The van der Waals surface area contributed by atoms with Crippen LogP contribution in [0.4, 0.5) is 16.2 Å². The van der Waals surface area contributed by atoms with Gasteiger partial charge in [-0.2, -0.15) is 0 Å². The zero-order valence-electron chi connectivity index (χ0n) is 31.7. The van der Waals surface area contributed by atoms with E-state index < -0.39 is 29.1 Å². The first-order chi connectivity index (χ1) is 22.9. The van der Waals surface area contributed by atoms with Gasteiger partial charge < -0.3 is 28.9 Å². The number of ether oxygens (including phenoxy) is 3. The Kier molecular flexibility index (Phi) is 12.5. The summed E-state index contributed by atoms with van der Waals surface area (Å²) < 4.78 is 17.5. The van der Waals surface area contributed by atoms with Gasteiger partial charge in [-0.15, -0.1) is 0 Å². The van der Waals surface area contributed by atoms with Crippen LogP contribution < -0.4 is 14.5 Å². The Morgan fingerprint density at radius 1 is 1.02 bits per heavy atom. The fourth-order valence-electron chi connectivity index (χ4n) is 7.31. The molecule has 2 heterocycles. The number of fused-ring (bicyclic) bond motifs is 1. The van der Waals surface area contributed by atoms with Crippen molar-refractivity contribution in [1.29, 1.82) is 0 Å². The van der Waals surface area contributed by atoms with Crippen LogP contribution in [0.3, 0.4) is 0 Å². The van der Waals surface area contributed by atoms with Gasteiger partial charge in [-0.3, -0.25) is 14.4 Å². The average molecular weight is 684 g/mol. The lowest BCUT2D eigenvalue weighted by Gasteiger charge is -2.40. The van der Waals surface area contributed by atoms with Crippen molar-refractivity contribution in [3.8, 4) is 5.75 Å². The monoisotopic (exact) mass is 683 g/mol. The van der Waals surface area contributed by atoms with Crippen molar-refractivity contribution in [2.24, 2.45) is 29.6 Å². The second kappa shape index (κ2) is 15.8. The number of likely N-dealkylation sites (tertiary alicyclic amines) is 1. The molecule has 1 aromatic carbocycles. The Balaban J connectivity index is 1.64. The van der Waals surface area contributed by atoms with E-state index in [2.05, 4.69) is 27.7 Å². The first kappa shape index (κ1) is 38.7.